The van der Waals surface area contributed by atoms with E-state index in [0.29, 0.717) is 6.42 Å². The fraction of sp³-hybridized carbons (Fsp3) is 0.366. The summed E-state index contributed by atoms with van der Waals surface area (Å²) >= 11 is 0. The van der Waals surface area contributed by atoms with Crippen LogP contribution in [0.3, 0.4) is 0 Å². The van der Waals surface area contributed by atoms with Crippen LogP contribution >= 0.6 is 0 Å². The highest BCUT2D eigenvalue weighted by Gasteiger charge is 2.16. The molecule has 3 aromatic rings. The Morgan fingerprint density at radius 3 is 2.20 bits per heavy atom. The van der Waals surface area contributed by atoms with Gasteiger partial charge >= 0.3 is 0 Å². The van der Waals surface area contributed by atoms with Crippen LogP contribution < -0.4 is 0 Å². The van der Waals surface area contributed by atoms with Crippen molar-refractivity contribution in [3.63, 3.8) is 0 Å². The third-order valence-electron chi connectivity index (χ3n) is 7.56. The topological polar surface area (TPSA) is 0 Å². The maximum atomic E-state index is 5.67. The van der Waals surface area contributed by atoms with E-state index in [4.69, 9.17) is 6.42 Å². The van der Waals surface area contributed by atoms with E-state index in [0.717, 1.165) is 24.8 Å². The second-order valence-electron chi connectivity index (χ2n) is 10.3. The van der Waals surface area contributed by atoms with Crippen molar-refractivity contribution in [3.8, 4) is 12.3 Å². The van der Waals surface area contributed by atoms with Crippen molar-refractivity contribution in [2.24, 2.45) is 0 Å². The van der Waals surface area contributed by atoms with Crippen molar-refractivity contribution in [3.05, 3.63) is 111 Å². The molecule has 0 aromatic heterocycles. The van der Waals surface area contributed by atoms with Crippen LogP contribution in [0, 0.1) is 33.1 Å². The highest BCUT2D eigenvalue weighted by atomic mass is 14.2. The summed E-state index contributed by atoms with van der Waals surface area (Å²) in [7, 11) is 0. The first-order valence-corrected chi connectivity index (χ1v) is 15.4. The van der Waals surface area contributed by atoms with Gasteiger partial charge in [-0.2, -0.15) is 0 Å². The standard InChI is InChI=1S/C37H42.2C2H6/c1-10-15-27(6)33(11-2)37-28(7)21-23-35(30(37)9)34(29(8)25(3)4)19-13-12-16-31-17-14-18-32-24-26(5)20-22-36(31)32;2*1-2/h1,12,14,16-18,20-24H,3,11,13,15,19H2,2,4-9H3;2*1-2H3/b16-12+,33-27+,34-29+;;. The van der Waals surface area contributed by atoms with Gasteiger partial charge in [-0.25, -0.2) is 0 Å². The number of benzene rings is 3. The molecule has 41 heavy (non-hydrogen) atoms. The molecule has 0 N–H and O–H groups in total. The van der Waals surface area contributed by atoms with Crippen molar-refractivity contribution in [2.75, 3.05) is 0 Å². The molecule has 0 heteroatoms. The van der Waals surface area contributed by atoms with Crippen LogP contribution in [0.1, 0.15) is 114 Å². The number of hydrogen-bond donors (Lipinski definition) is 0. The summed E-state index contributed by atoms with van der Waals surface area (Å²) in [4.78, 5) is 0. The van der Waals surface area contributed by atoms with E-state index in [1.54, 1.807) is 0 Å². The zero-order chi connectivity index (χ0) is 31.1. The zero-order valence-corrected chi connectivity index (χ0v) is 27.9. The Morgan fingerprint density at radius 1 is 0.902 bits per heavy atom. The van der Waals surface area contributed by atoms with Crippen LogP contribution in [0.2, 0.25) is 0 Å². The van der Waals surface area contributed by atoms with Gasteiger partial charge in [-0.05, 0) is 116 Å². The predicted octanol–water partition coefficient (Wildman–Crippen LogP) is 12.9. The zero-order valence-electron chi connectivity index (χ0n) is 27.9. The molecule has 0 nitrogen and oxygen atoms in total. The van der Waals surface area contributed by atoms with Crippen LogP contribution in [0.4, 0.5) is 0 Å². The van der Waals surface area contributed by atoms with Gasteiger partial charge in [-0.3, -0.25) is 0 Å². The SMILES string of the molecule is C#CC/C(C)=C(\CC)c1c(C)ccc(/C(CC/C=C/c2cccc3cc(C)ccc23)=C(\C)C(=C)C)c1C.CC.CC. The number of aryl methyl sites for hydroxylation is 2. The summed E-state index contributed by atoms with van der Waals surface area (Å²) in [6.07, 6.45) is 13.9. The molecule has 3 aromatic carbocycles. The van der Waals surface area contributed by atoms with Gasteiger partial charge in [-0.1, -0.05) is 119 Å². The summed E-state index contributed by atoms with van der Waals surface area (Å²) in [6, 6.07) is 17.8. The minimum Gasteiger partial charge on any atom is -0.120 e. The molecule has 0 aliphatic rings. The molecule has 0 atom stereocenters. The summed E-state index contributed by atoms with van der Waals surface area (Å²) in [5.41, 5.74) is 14.4. The molecular formula is C41H54. The van der Waals surface area contributed by atoms with Gasteiger partial charge < -0.3 is 0 Å². The van der Waals surface area contributed by atoms with Gasteiger partial charge in [0, 0.05) is 6.42 Å². The van der Waals surface area contributed by atoms with Crippen LogP contribution in [-0.2, 0) is 0 Å². The number of hydrogen-bond acceptors (Lipinski definition) is 0. The van der Waals surface area contributed by atoms with E-state index in [1.807, 2.05) is 27.7 Å². The monoisotopic (exact) mass is 546 g/mol. The first kappa shape index (κ1) is 35.5. The summed E-state index contributed by atoms with van der Waals surface area (Å²) in [6.45, 7) is 27.7. The van der Waals surface area contributed by atoms with Gasteiger partial charge in [0.15, 0.2) is 0 Å². The normalized spacial score (nSPS) is 12.0. The molecule has 0 saturated heterocycles. The van der Waals surface area contributed by atoms with Gasteiger partial charge in [0.05, 0.1) is 0 Å². The smallest absolute Gasteiger partial charge is 0.0299 e. The van der Waals surface area contributed by atoms with Gasteiger partial charge in [0.2, 0.25) is 0 Å². The maximum absolute atomic E-state index is 5.67. The van der Waals surface area contributed by atoms with Crippen molar-refractivity contribution >= 4 is 28.0 Å². The fourth-order valence-electron chi connectivity index (χ4n) is 5.38. The predicted molar refractivity (Wildman–Crippen MR) is 189 cm³/mol. The average molecular weight is 547 g/mol. The molecule has 0 saturated carbocycles. The van der Waals surface area contributed by atoms with Gasteiger partial charge in [-0.15, -0.1) is 12.3 Å². The Labute approximate surface area is 253 Å². The first-order valence-electron chi connectivity index (χ1n) is 15.4. The molecular weight excluding hydrogens is 492 g/mol. The summed E-state index contributed by atoms with van der Waals surface area (Å²) in [5.74, 6) is 2.84. The molecule has 3 rings (SSSR count). The largest absolute Gasteiger partial charge is 0.120 e. The van der Waals surface area contributed by atoms with E-state index in [9.17, 15) is 0 Å². The molecule has 218 valence electrons. The van der Waals surface area contributed by atoms with E-state index >= 15 is 0 Å². The average Bonchev–Trinajstić information content (AvgIpc) is 2.97. The lowest BCUT2D eigenvalue weighted by atomic mass is 9.83. The lowest BCUT2D eigenvalue weighted by molar-refractivity contribution is 1.05. The quantitative estimate of drug-likeness (QED) is 0.185. The van der Waals surface area contributed by atoms with Gasteiger partial charge in [0.25, 0.3) is 0 Å². The van der Waals surface area contributed by atoms with Crippen molar-refractivity contribution in [1.82, 2.24) is 0 Å². The Morgan fingerprint density at radius 2 is 1.59 bits per heavy atom. The molecule has 0 spiro atoms. The van der Waals surface area contributed by atoms with Crippen LogP contribution in [0.25, 0.3) is 28.0 Å². The number of allylic oxidation sites excluding steroid dienone is 6. The highest BCUT2D eigenvalue weighted by molar-refractivity contribution is 5.91. The molecule has 0 aliphatic carbocycles. The van der Waals surface area contributed by atoms with Crippen molar-refractivity contribution in [1.29, 1.82) is 0 Å². The molecule has 0 heterocycles. The summed E-state index contributed by atoms with van der Waals surface area (Å²) < 4.78 is 0. The lowest BCUT2D eigenvalue weighted by Crippen LogP contribution is -2.02. The molecule has 0 unspecified atom stereocenters. The molecule has 0 fully saturated rings. The Bertz CT molecular complexity index is 1440. The fourth-order valence-corrected chi connectivity index (χ4v) is 5.38. The second-order valence-corrected chi connectivity index (χ2v) is 10.3. The molecule has 0 bridgehead atoms. The van der Waals surface area contributed by atoms with E-state index in [2.05, 4.69) is 122 Å². The van der Waals surface area contributed by atoms with Crippen LogP contribution in [0.15, 0.2) is 77.9 Å². The third kappa shape index (κ3) is 9.23. The Balaban J connectivity index is 0.00000201. The maximum Gasteiger partial charge on any atom is 0.0299 e. The summed E-state index contributed by atoms with van der Waals surface area (Å²) in [5, 5.41) is 2.60. The van der Waals surface area contributed by atoms with Gasteiger partial charge in [0.1, 0.15) is 0 Å². The highest BCUT2D eigenvalue weighted by Crippen LogP contribution is 2.37. The minimum atomic E-state index is 0.693. The van der Waals surface area contributed by atoms with E-state index in [1.165, 1.54) is 66.4 Å². The van der Waals surface area contributed by atoms with Crippen molar-refractivity contribution in [2.45, 2.75) is 102 Å². The molecule has 0 aliphatic heterocycles. The van der Waals surface area contributed by atoms with Crippen LogP contribution in [0.5, 0.6) is 0 Å². The van der Waals surface area contributed by atoms with Crippen molar-refractivity contribution < 1.29 is 0 Å². The first-order chi connectivity index (χ1) is 19.7. The van der Waals surface area contributed by atoms with E-state index in [-0.39, 0.29) is 0 Å². The number of rotatable bonds is 9. The molecule has 0 radical (unpaired) electrons. The number of fused-ring (bicyclic) bond motifs is 1. The second kappa shape index (κ2) is 18.0. The minimum absolute atomic E-state index is 0.693. The van der Waals surface area contributed by atoms with Crippen LogP contribution in [-0.4, -0.2) is 0 Å². The molecule has 0 amide bonds. The number of terminal acetylenes is 1. The lowest BCUT2D eigenvalue weighted by Gasteiger charge is -2.21. The Hall–Kier alpha value is -3.56. The third-order valence-corrected chi connectivity index (χ3v) is 7.56. The van der Waals surface area contributed by atoms with E-state index < -0.39 is 0 Å². The Kier molecular flexibility index (Phi) is 15.6.